The lowest BCUT2D eigenvalue weighted by atomic mass is 9.96. The zero-order chi connectivity index (χ0) is 40.8. The van der Waals surface area contributed by atoms with E-state index in [1.165, 1.54) is 11.0 Å². The van der Waals surface area contributed by atoms with E-state index >= 15 is 0 Å². The lowest BCUT2D eigenvalue weighted by Crippen LogP contribution is -2.59. The normalized spacial score (nSPS) is 30.1. The van der Waals surface area contributed by atoms with Crippen LogP contribution in [0.25, 0.3) is 17.0 Å². The minimum atomic E-state index is -3.91. The lowest BCUT2D eigenvalue weighted by Gasteiger charge is -2.32. The van der Waals surface area contributed by atoms with Gasteiger partial charge in [-0.1, -0.05) is 31.1 Å². The second-order valence-electron chi connectivity index (χ2n) is 16.6. The summed E-state index contributed by atoms with van der Waals surface area (Å²) in [5.74, 6) is -1.18. The predicted molar refractivity (Wildman–Crippen MR) is 213 cm³/mol. The zero-order valence-corrected chi connectivity index (χ0v) is 33.9. The van der Waals surface area contributed by atoms with Crippen molar-refractivity contribution in [3.8, 4) is 17.4 Å². The van der Waals surface area contributed by atoms with E-state index in [0.717, 1.165) is 31.2 Å². The van der Waals surface area contributed by atoms with Gasteiger partial charge in [-0.15, -0.1) is 6.58 Å². The van der Waals surface area contributed by atoms with Crippen LogP contribution in [0, 0.1) is 17.8 Å². The van der Waals surface area contributed by atoms with Gasteiger partial charge in [-0.2, -0.15) is 0 Å². The largest absolute Gasteiger partial charge is 0.496 e. The number of hydrogen-bond acceptors (Lipinski definition) is 11. The van der Waals surface area contributed by atoms with Crippen molar-refractivity contribution in [3.63, 3.8) is 0 Å². The zero-order valence-electron chi connectivity index (χ0n) is 33.1. The number of nitrogens with zero attached hydrogens (tertiary/aromatic N) is 2. The van der Waals surface area contributed by atoms with Crippen LogP contribution in [0.5, 0.6) is 17.4 Å². The molecule has 3 N–H and O–H groups in total. The summed E-state index contributed by atoms with van der Waals surface area (Å²) in [5, 5.41) is 5.82. The Labute approximate surface area is 338 Å². The first-order valence-electron chi connectivity index (χ1n) is 20.7. The second kappa shape index (κ2) is 16.1. The van der Waals surface area contributed by atoms with Gasteiger partial charge in [0.25, 0.3) is 5.91 Å². The Morgan fingerprint density at radius 3 is 2.55 bits per heavy atom. The summed E-state index contributed by atoms with van der Waals surface area (Å²) in [6.45, 7) is 6.00. The molecule has 0 unspecified atom stereocenters. The summed E-state index contributed by atoms with van der Waals surface area (Å²) in [6.07, 6.45) is 11.3. The Morgan fingerprint density at radius 2 is 1.84 bits per heavy atom. The molecule has 7 atom stereocenters. The Morgan fingerprint density at radius 1 is 1.07 bits per heavy atom. The smallest absolute Gasteiger partial charge is 0.408 e. The number of pyridine rings is 1. The van der Waals surface area contributed by atoms with E-state index in [-0.39, 0.29) is 37.3 Å². The fourth-order valence-electron chi connectivity index (χ4n) is 9.36. The topological polar surface area (TPSA) is 192 Å². The predicted octanol–water partition coefficient (Wildman–Crippen LogP) is 4.53. The van der Waals surface area contributed by atoms with Crippen LogP contribution in [0.4, 0.5) is 4.79 Å². The van der Waals surface area contributed by atoms with Crippen LogP contribution in [-0.2, 0) is 29.1 Å². The number of sulfonamides is 1. The third-order valence-electron chi connectivity index (χ3n) is 12.8. The van der Waals surface area contributed by atoms with Gasteiger partial charge in [0.15, 0.2) is 0 Å². The highest BCUT2D eigenvalue weighted by Gasteiger charge is 2.62. The maximum atomic E-state index is 14.9. The van der Waals surface area contributed by atoms with Crippen LogP contribution in [-0.4, -0.2) is 97.5 Å². The molecular weight excluding hydrogens is 767 g/mol. The molecule has 1 aromatic heterocycles. The Bertz CT molecular complexity index is 2120. The molecule has 0 radical (unpaired) electrons. The molecule has 8 rings (SSSR count). The van der Waals surface area contributed by atoms with Crippen LogP contribution in [0.3, 0.4) is 0 Å². The Hall–Kier alpha value is -4.86. The van der Waals surface area contributed by atoms with Crippen LogP contribution in [0.2, 0.25) is 0 Å². The van der Waals surface area contributed by atoms with Crippen molar-refractivity contribution < 1.29 is 46.5 Å². The van der Waals surface area contributed by atoms with Crippen molar-refractivity contribution in [2.75, 3.05) is 20.3 Å². The number of alkyl carbamates (subject to hydrolysis) is 1. The Kier molecular flexibility index (Phi) is 11.1. The van der Waals surface area contributed by atoms with E-state index < -0.39 is 68.7 Å². The van der Waals surface area contributed by atoms with Gasteiger partial charge in [0.1, 0.15) is 41.3 Å². The van der Waals surface area contributed by atoms with Crippen LogP contribution in [0.15, 0.2) is 36.9 Å². The van der Waals surface area contributed by atoms with Gasteiger partial charge in [0.2, 0.25) is 27.7 Å². The molecule has 0 spiro atoms. The number of carbonyl (C=O) groups excluding carboxylic acids is 4. The highest BCUT2D eigenvalue weighted by molar-refractivity contribution is 7.91. The number of nitrogens with one attached hydrogen (secondary N) is 3. The molecule has 3 heterocycles. The molecule has 4 aliphatic carbocycles. The van der Waals surface area contributed by atoms with Gasteiger partial charge in [0, 0.05) is 35.4 Å². The summed E-state index contributed by atoms with van der Waals surface area (Å²) in [7, 11) is -2.32. The fraction of sp³-hybridized carbons (Fsp3) is 0.595. The van der Waals surface area contributed by atoms with Crippen LogP contribution >= 0.6 is 0 Å². The molecule has 1 saturated heterocycles. The first kappa shape index (κ1) is 39.9. The average Bonchev–Trinajstić information content (AvgIpc) is 3.99. The van der Waals surface area contributed by atoms with Gasteiger partial charge >= 0.3 is 6.09 Å². The van der Waals surface area contributed by atoms with Gasteiger partial charge < -0.3 is 34.5 Å². The molecule has 4 saturated carbocycles. The summed E-state index contributed by atoms with van der Waals surface area (Å²) < 4.78 is 52.2. The minimum absolute atomic E-state index is 0.0155. The van der Waals surface area contributed by atoms with Crippen LogP contribution < -0.4 is 29.6 Å². The first-order valence-corrected chi connectivity index (χ1v) is 22.2. The van der Waals surface area contributed by atoms with Crippen molar-refractivity contribution in [2.45, 2.75) is 119 Å². The second-order valence-corrected chi connectivity index (χ2v) is 18.6. The summed E-state index contributed by atoms with van der Waals surface area (Å²) in [6, 6.07) is 3.35. The standard InChI is InChI=1S/C42H53N5O10S/c1-4-27-22-42(27,40(50)46-58(52,53)29-16-17-29)45-38(48)32-19-28-23-47(32)39(49)37(25-10-6-7-11-25)44-41(51)57-33-15-9-13-24(33)12-8-14-26-18-30-31(20-34(26)54-3)43-36(55-5-2)21-35(30)56-28/h4,8,14,18,20-21,24-25,27-29,32-33,37H,1,5-7,9-13,15-17,19,22-23H2,2-3H3,(H,44,51)(H,45,48)(H,46,50)/t24-,27+,28+,32-,33-,37-,42+/m0/s1. The van der Waals surface area contributed by atoms with E-state index in [4.69, 9.17) is 23.9 Å². The maximum Gasteiger partial charge on any atom is 0.408 e. The lowest BCUT2D eigenvalue weighted by molar-refractivity contribution is -0.142. The van der Waals surface area contributed by atoms with Gasteiger partial charge in [-0.25, -0.2) is 18.2 Å². The first-order chi connectivity index (χ1) is 27.9. The molecule has 2 aromatic rings. The minimum Gasteiger partial charge on any atom is -0.496 e. The third-order valence-corrected chi connectivity index (χ3v) is 14.6. The molecule has 2 aliphatic heterocycles. The van der Waals surface area contributed by atoms with Crippen molar-refractivity contribution in [1.29, 1.82) is 0 Å². The van der Waals surface area contributed by atoms with E-state index in [9.17, 15) is 27.6 Å². The van der Waals surface area contributed by atoms with Gasteiger partial charge in [-0.3, -0.25) is 19.1 Å². The maximum absolute atomic E-state index is 14.9. The quantitative estimate of drug-likeness (QED) is 0.286. The molecule has 1 aromatic carbocycles. The Balaban J connectivity index is 1.17. The van der Waals surface area contributed by atoms with E-state index in [1.807, 2.05) is 25.1 Å². The summed E-state index contributed by atoms with van der Waals surface area (Å²) >= 11 is 0. The van der Waals surface area contributed by atoms with Crippen molar-refractivity contribution in [1.82, 2.24) is 25.2 Å². The average molecular weight is 820 g/mol. The number of amides is 4. The number of methoxy groups -OCH3 is 1. The molecule has 16 heteroatoms. The molecule has 6 aliphatic rings. The summed E-state index contributed by atoms with van der Waals surface area (Å²) in [4.78, 5) is 63.0. The molecular formula is C42H53N5O10S. The SMILES string of the molecule is C=C[C@@H]1C[C@]1(NC(=O)[C@@H]1C[C@@H]2CN1C(=O)[C@H](C1CCCC1)NC(=O)O[C@H]1CCC[C@@H]1CC=Cc1cc3c(cc(OCC)nc3cc1OC)O2)C(=O)NS(=O)(=O)C1CC1. The van der Waals surface area contributed by atoms with E-state index in [2.05, 4.69) is 28.0 Å². The number of fused-ring (bicyclic) bond motifs is 4. The number of hydrogen-bond donors (Lipinski definition) is 3. The molecule has 58 heavy (non-hydrogen) atoms. The molecule has 4 amide bonds. The third kappa shape index (κ3) is 7.95. The molecule has 15 nitrogen and oxygen atoms in total. The van der Waals surface area contributed by atoms with E-state index in [0.29, 0.717) is 73.4 Å². The van der Waals surface area contributed by atoms with Gasteiger partial charge in [-0.05, 0) is 82.6 Å². The van der Waals surface area contributed by atoms with Crippen molar-refractivity contribution in [3.05, 3.63) is 42.5 Å². The number of rotatable bonds is 10. The number of aromatic nitrogens is 1. The molecule has 5 fully saturated rings. The van der Waals surface area contributed by atoms with E-state index in [1.54, 1.807) is 13.2 Å². The number of ether oxygens (including phenoxy) is 4. The monoisotopic (exact) mass is 819 g/mol. The summed E-state index contributed by atoms with van der Waals surface area (Å²) in [5.41, 5.74) is -0.202. The van der Waals surface area contributed by atoms with Gasteiger partial charge in [0.05, 0.1) is 31.0 Å². The highest BCUT2D eigenvalue weighted by atomic mass is 32.2. The van der Waals surface area contributed by atoms with Crippen LogP contribution in [0.1, 0.15) is 89.5 Å². The van der Waals surface area contributed by atoms with Crippen molar-refractivity contribution >= 4 is 50.8 Å². The van der Waals surface area contributed by atoms with Crippen molar-refractivity contribution in [2.24, 2.45) is 17.8 Å². The fourth-order valence-corrected chi connectivity index (χ4v) is 10.7. The molecule has 4 bridgehead atoms. The number of carbonyl (C=O) groups is 4. The highest BCUT2D eigenvalue weighted by Crippen LogP contribution is 2.46. The number of allylic oxidation sites excluding steroid dienone is 1. The number of benzene rings is 1. The molecule has 312 valence electrons.